The predicted molar refractivity (Wildman–Crippen MR) is 79.6 cm³/mol. The Labute approximate surface area is 127 Å². The number of rotatable bonds is 4. The fraction of sp³-hybridized carbons (Fsp3) is 0.286. The highest BCUT2D eigenvalue weighted by atomic mass is 35.5. The molecule has 6 nitrogen and oxygen atoms in total. The van der Waals surface area contributed by atoms with Crippen LogP contribution in [0.4, 0.5) is 5.69 Å². The summed E-state index contributed by atoms with van der Waals surface area (Å²) in [6.45, 7) is 4.08. The van der Waals surface area contributed by atoms with Gasteiger partial charge in [0.25, 0.3) is 0 Å². The summed E-state index contributed by atoms with van der Waals surface area (Å²) in [4.78, 5) is 11.6. The van der Waals surface area contributed by atoms with E-state index in [1.54, 1.807) is 30.7 Å². The van der Waals surface area contributed by atoms with Gasteiger partial charge in [-0.05, 0) is 32.0 Å². The molecule has 1 aromatic carbocycles. The van der Waals surface area contributed by atoms with Gasteiger partial charge in [-0.3, -0.25) is 4.68 Å². The molecule has 2 rings (SSSR count). The average molecular weight is 310 g/mol. The molecule has 0 aliphatic heterocycles. The number of anilines is 1. The second-order valence-electron chi connectivity index (χ2n) is 4.55. The smallest absolute Gasteiger partial charge is 0.358 e. The molecule has 0 unspecified atom stereocenters. The first kappa shape index (κ1) is 15.2. The van der Waals surface area contributed by atoms with Crippen LogP contribution in [0, 0.1) is 6.92 Å². The van der Waals surface area contributed by atoms with Crippen molar-refractivity contribution in [2.24, 2.45) is 0 Å². The van der Waals surface area contributed by atoms with Gasteiger partial charge < -0.3 is 15.6 Å². The number of benzene rings is 1. The van der Waals surface area contributed by atoms with E-state index in [0.717, 1.165) is 5.69 Å². The number of halogens is 1. The van der Waals surface area contributed by atoms with Gasteiger partial charge >= 0.3 is 5.97 Å². The maximum absolute atomic E-state index is 11.6. The van der Waals surface area contributed by atoms with Crippen LogP contribution in [0.15, 0.2) is 18.2 Å². The molecule has 1 heterocycles. The van der Waals surface area contributed by atoms with Gasteiger partial charge in [0, 0.05) is 16.3 Å². The molecule has 0 saturated heterocycles. The molecule has 7 heteroatoms. The van der Waals surface area contributed by atoms with Crippen molar-refractivity contribution in [1.82, 2.24) is 9.78 Å². The molecule has 2 aromatic rings. The molecule has 0 aliphatic carbocycles. The van der Waals surface area contributed by atoms with Crippen molar-refractivity contribution in [3.8, 4) is 5.75 Å². The van der Waals surface area contributed by atoms with E-state index in [9.17, 15) is 9.90 Å². The highest BCUT2D eigenvalue weighted by Gasteiger charge is 2.15. The molecular formula is C14H16ClN3O3. The third-order valence-corrected chi connectivity index (χ3v) is 3.19. The van der Waals surface area contributed by atoms with Crippen molar-refractivity contribution in [2.45, 2.75) is 20.4 Å². The van der Waals surface area contributed by atoms with Crippen molar-refractivity contribution in [1.29, 1.82) is 0 Å². The van der Waals surface area contributed by atoms with Gasteiger partial charge in [-0.15, -0.1) is 0 Å². The summed E-state index contributed by atoms with van der Waals surface area (Å²) in [5.41, 5.74) is 7.38. The molecule has 0 amide bonds. The van der Waals surface area contributed by atoms with Crippen molar-refractivity contribution in [2.75, 3.05) is 12.3 Å². The molecule has 112 valence electrons. The topological polar surface area (TPSA) is 90.4 Å². The summed E-state index contributed by atoms with van der Waals surface area (Å²) in [5, 5.41) is 14.6. The lowest BCUT2D eigenvalue weighted by Gasteiger charge is -2.09. The van der Waals surface area contributed by atoms with Crippen LogP contribution in [0.2, 0.25) is 5.02 Å². The summed E-state index contributed by atoms with van der Waals surface area (Å²) < 4.78 is 6.48. The van der Waals surface area contributed by atoms with E-state index >= 15 is 0 Å². The van der Waals surface area contributed by atoms with Crippen molar-refractivity contribution < 1.29 is 14.6 Å². The number of phenols is 1. The molecule has 0 spiro atoms. The van der Waals surface area contributed by atoms with Crippen molar-refractivity contribution in [3.05, 3.63) is 40.2 Å². The largest absolute Gasteiger partial charge is 0.505 e. The molecular weight excluding hydrogens is 294 g/mol. The zero-order chi connectivity index (χ0) is 15.6. The molecule has 1 aromatic heterocycles. The Morgan fingerprint density at radius 3 is 2.86 bits per heavy atom. The minimum Gasteiger partial charge on any atom is -0.505 e. The number of carbonyl (C=O) groups excluding carboxylic acids is 1. The predicted octanol–water partition coefficient (Wildman–Crippen LogP) is 2.36. The normalized spacial score (nSPS) is 10.6. The molecule has 21 heavy (non-hydrogen) atoms. The Morgan fingerprint density at radius 1 is 1.48 bits per heavy atom. The van der Waals surface area contributed by atoms with Gasteiger partial charge in [0.05, 0.1) is 18.8 Å². The standard InChI is InChI=1S/C14H16ClN3O3/c1-3-21-14(20)12-4-8(2)18(17-12)7-9-5-10(15)6-11(16)13(9)19/h4-6,19H,3,7,16H2,1-2H3. The summed E-state index contributed by atoms with van der Waals surface area (Å²) >= 11 is 5.93. The van der Waals surface area contributed by atoms with Crippen molar-refractivity contribution in [3.63, 3.8) is 0 Å². The quantitative estimate of drug-likeness (QED) is 0.514. The molecule has 0 saturated carbocycles. The average Bonchev–Trinajstić information content (AvgIpc) is 2.77. The van der Waals surface area contributed by atoms with Gasteiger partial charge in [0.2, 0.25) is 0 Å². The molecule has 0 fully saturated rings. The minimum absolute atomic E-state index is 0.0352. The number of esters is 1. The maximum Gasteiger partial charge on any atom is 0.358 e. The number of nitrogen functional groups attached to an aromatic ring is 1. The third-order valence-electron chi connectivity index (χ3n) is 2.97. The van der Waals surface area contributed by atoms with Gasteiger partial charge in [-0.25, -0.2) is 4.79 Å². The summed E-state index contributed by atoms with van der Waals surface area (Å²) in [6.07, 6.45) is 0. The number of aromatic nitrogens is 2. The number of nitrogens with two attached hydrogens (primary N) is 1. The monoisotopic (exact) mass is 309 g/mol. The first-order valence-corrected chi connectivity index (χ1v) is 6.78. The highest BCUT2D eigenvalue weighted by Crippen LogP contribution is 2.29. The van der Waals surface area contributed by atoms with E-state index in [1.807, 2.05) is 0 Å². The Morgan fingerprint density at radius 2 is 2.19 bits per heavy atom. The first-order chi connectivity index (χ1) is 9.92. The molecule has 0 radical (unpaired) electrons. The number of aromatic hydroxyl groups is 1. The van der Waals surface area contributed by atoms with Crippen LogP contribution in [0.25, 0.3) is 0 Å². The third kappa shape index (κ3) is 3.28. The summed E-state index contributed by atoms with van der Waals surface area (Å²) in [5.74, 6) is -0.513. The maximum atomic E-state index is 11.6. The number of aryl methyl sites for hydroxylation is 1. The molecule has 0 bridgehead atoms. The molecule has 0 aliphatic rings. The Balaban J connectivity index is 2.30. The van der Waals surface area contributed by atoms with Gasteiger partial charge in [0.1, 0.15) is 5.75 Å². The van der Waals surface area contributed by atoms with E-state index < -0.39 is 5.97 Å². The number of nitrogens with zero attached hydrogens (tertiary/aromatic N) is 2. The van der Waals surface area contributed by atoms with Crippen LogP contribution in [0.5, 0.6) is 5.75 Å². The highest BCUT2D eigenvalue weighted by molar-refractivity contribution is 6.31. The van der Waals surface area contributed by atoms with E-state index in [2.05, 4.69) is 5.10 Å². The van der Waals surface area contributed by atoms with Gasteiger partial charge in [0.15, 0.2) is 5.69 Å². The Kier molecular flexibility index (Phi) is 4.37. The number of phenolic OH excluding ortho intramolecular Hbond substituents is 1. The zero-order valence-corrected chi connectivity index (χ0v) is 12.5. The fourth-order valence-electron chi connectivity index (χ4n) is 1.94. The number of hydrogen-bond donors (Lipinski definition) is 2. The Hall–Kier alpha value is -2.21. The fourth-order valence-corrected chi connectivity index (χ4v) is 2.18. The lowest BCUT2D eigenvalue weighted by Crippen LogP contribution is -2.09. The van der Waals surface area contributed by atoms with E-state index in [-0.39, 0.29) is 30.3 Å². The number of hydrogen-bond acceptors (Lipinski definition) is 5. The van der Waals surface area contributed by atoms with Crippen LogP contribution < -0.4 is 5.73 Å². The van der Waals surface area contributed by atoms with E-state index in [4.69, 9.17) is 22.1 Å². The molecule has 3 N–H and O–H groups in total. The van der Waals surface area contributed by atoms with Gasteiger partial charge in [-0.1, -0.05) is 11.6 Å². The lowest BCUT2D eigenvalue weighted by molar-refractivity contribution is 0.0518. The zero-order valence-electron chi connectivity index (χ0n) is 11.8. The Bertz CT molecular complexity index is 682. The second-order valence-corrected chi connectivity index (χ2v) is 4.99. The van der Waals surface area contributed by atoms with E-state index in [1.165, 1.54) is 6.07 Å². The summed E-state index contributed by atoms with van der Waals surface area (Å²) in [7, 11) is 0. The SMILES string of the molecule is CCOC(=O)c1cc(C)n(Cc2cc(Cl)cc(N)c2O)n1. The number of ether oxygens (including phenoxy) is 1. The van der Waals surface area contributed by atoms with Crippen molar-refractivity contribution >= 4 is 23.3 Å². The van der Waals surface area contributed by atoms with Crippen LogP contribution >= 0.6 is 11.6 Å². The second kappa shape index (κ2) is 6.05. The van der Waals surface area contributed by atoms with Gasteiger partial charge in [-0.2, -0.15) is 5.10 Å². The van der Waals surface area contributed by atoms with Crippen LogP contribution in [-0.2, 0) is 11.3 Å². The number of carbonyl (C=O) groups is 1. The lowest BCUT2D eigenvalue weighted by atomic mass is 10.1. The van der Waals surface area contributed by atoms with E-state index in [0.29, 0.717) is 10.6 Å². The van der Waals surface area contributed by atoms with Crippen LogP contribution in [0.1, 0.15) is 28.7 Å². The summed E-state index contributed by atoms with van der Waals surface area (Å²) in [6, 6.07) is 4.71. The minimum atomic E-state index is -0.478. The first-order valence-electron chi connectivity index (χ1n) is 6.40. The molecule has 0 atom stereocenters. The van der Waals surface area contributed by atoms with Crippen LogP contribution in [0.3, 0.4) is 0 Å². The van der Waals surface area contributed by atoms with Crippen LogP contribution in [-0.4, -0.2) is 27.5 Å².